The van der Waals surface area contributed by atoms with Gasteiger partial charge < -0.3 is 9.80 Å². The van der Waals surface area contributed by atoms with Gasteiger partial charge in [-0.25, -0.2) is 0 Å². The molecule has 4 heteroatoms. The number of allylic oxidation sites excluding steroid dienone is 7. The number of hydrogen-bond acceptors (Lipinski definition) is 2. The summed E-state index contributed by atoms with van der Waals surface area (Å²) < 4.78 is -0.158. The molecule has 60 heavy (non-hydrogen) atoms. The number of hydrogen-bond donors (Lipinski definition) is 0. The van der Waals surface area contributed by atoms with Gasteiger partial charge in [-0.3, -0.25) is 0 Å². The molecule has 0 N–H and O–H groups in total. The standard InChI is InChI=1S/C56H60N2Si2/c1-10-42-31-35-46(36-32-42)57(44-24-16-13-17-25-44)53-39-51-50(30-20-12-15-23-41(53)3)55-49-29-22-21-28-48(49)54(40-52(55)56(51,59(4,5)6)60(7,8)9)58(45-26-18-14-19-27-45)47-37-33-43(11-2)34-38-47/h12-29,31-40H,3,10-11,30H2,1-2,4-9H3/b20-12-,23-15-,53-39?. The predicted molar refractivity (Wildman–Crippen MR) is 268 cm³/mol. The second kappa shape index (κ2) is 16.4. The summed E-state index contributed by atoms with van der Waals surface area (Å²) >= 11 is 0. The fraction of sp³-hybridized carbons (Fsp3) is 0.214. The number of nitrogens with zero attached hydrogens (tertiary/aromatic N) is 2. The van der Waals surface area contributed by atoms with Crippen molar-refractivity contribution in [3.05, 3.63) is 216 Å². The normalized spacial score (nSPS) is 16.2. The Labute approximate surface area is 361 Å². The molecular formula is C56H60N2Si2. The van der Waals surface area contributed by atoms with E-state index in [2.05, 4.69) is 233 Å². The van der Waals surface area contributed by atoms with Crippen LogP contribution < -0.4 is 9.80 Å². The lowest BCUT2D eigenvalue weighted by atomic mass is 9.93. The molecule has 0 unspecified atom stereocenters. The van der Waals surface area contributed by atoms with Crippen LogP contribution in [0.25, 0.3) is 16.3 Å². The van der Waals surface area contributed by atoms with Crippen LogP contribution in [0.3, 0.4) is 0 Å². The average molecular weight is 817 g/mol. The lowest BCUT2D eigenvalue weighted by molar-refractivity contribution is 0.937. The molecule has 0 fully saturated rings. The third-order valence-corrected chi connectivity index (χ3v) is 23.0. The lowest BCUT2D eigenvalue weighted by Gasteiger charge is -2.52. The van der Waals surface area contributed by atoms with Gasteiger partial charge in [-0.05, 0) is 124 Å². The van der Waals surface area contributed by atoms with E-state index in [0.717, 1.165) is 47.6 Å². The third-order valence-electron chi connectivity index (χ3n) is 12.9. The Hall–Kier alpha value is -5.69. The predicted octanol–water partition coefficient (Wildman–Crippen LogP) is 16.0. The van der Waals surface area contributed by atoms with Crippen LogP contribution in [0.4, 0.5) is 28.4 Å². The highest BCUT2D eigenvalue weighted by Gasteiger charge is 2.60. The van der Waals surface area contributed by atoms with Crippen molar-refractivity contribution < 1.29 is 0 Å². The maximum Gasteiger partial charge on any atom is 0.0579 e. The van der Waals surface area contributed by atoms with Crippen LogP contribution in [0.5, 0.6) is 0 Å². The van der Waals surface area contributed by atoms with Gasteiger partial charge in [0.2, 0.25) is 0 Å². The first-order valence-corrected chi connectivity index (χ1v) is 28.8. The van der Waals surface area contributed by atoms with Crippen LogP contribution >= 0.6 is 0 Å². The molecule has 0 saturated heterocycles. The van der Waals surface area contributed by atoms with Crippen LogP contribution in [-0.4, -0.2) is 16.1 Å². The van der Waals surface area contributed by atoms with E-state index < -0.39 is 16.1 Å². The molecule has 0 heterocycles. The van der Waals surface area contributed by atoms with Crippen molar-refractivity contribution in [3.63, 3.8) is 0 Å². The van der Waals surface area contributed by atoms with Crippen molar-refractivity contribution in [1.82, 2.24) is 0 Å². The number of fused-ring (bicyclic) bond motifs is 4. The highest BCUT2D eigenvalue weighted by atomic mass is 28.4. The van der Waals surface area contributed by atoms with Gasteiger partial charge >= 0.3 is 0 Å². The highest BCUT2D eigenvalue weighted by Crippen LogP contribution is 2.61. The SMILES string of the molecule is C=C1/C=C\C=C/CC2=C(C=C1N(c1ccccc1)c1ccc(CC)cc1)C([Si](C)(C)C)([Si](C)(C)C)c1cc(N(c3ccccc3)c3ccc(CC)cc3)c3ccccc3c12. The molecule has 8 rings (SSSR count). The summed E-state index contributed by atoms with van der Waals surface area (Å²) in [6.45, 7) is 25.1. The van der Waals surface area contributed by atoms with E-state index in [1.165, 1.54) is 55.5 Å². The molecule has 2 aliphatic rings. The maximum absolute atomic E-state index is 4.84. The summed E-state index contributed by atoms with van der Waals surface area (Å²) in [5.41, 5.74) is 16.5. The summed E-state index contributed by atoms with van der Waals surface area (Å²) in [7, 11) is -4.32. The zero-order valence-corrected chi connectivity index (χ0v) is 38.9. The first kappa shape index (κ1) is 41.1. The average Bonchev–Trinajstić information content (AvgIpc) is 3.55. The summed E-state index contributed by atoms with van der Waals surface area (Å²) in [5, 5.41) is 2.59. The van der Waals surface area contributed by atoms with E-state index in [4.69, 9.17) is 6.58 Å². The third kappa shape index (κ3) is 7.10. The lowest BCUT2D eigenvalue weighted by Crippen LogP contribution is -2.64. The van der Waals surface area contributed by atoms with E-state index in [0.29, 0.717) is 0 Å². The topological polar surface area (TPSA) is 6.48 Å². The van der Waals surface area contributed by atoms with E-state index in [1.807, 2.05) is 0 Å². The molecule has 0 spiro atoms. The van der Waals surface area contributed by atoms with Crippen molar-refractivity contribution >= 4 is 60.9 Å². The molecule has 0 radical (unpaired) electrons. The minimum atomic E-state index is -2.16. The number of benzene rings is 6. The molecule has 6 aromatic carbocycles. The number of anilines is 5. The molecular weight excluding hydrogens is 757 g/mol. The second-order valence-corrected chi connectivity index (χ2v) is 29.4. The Morgan fingerprint density at radius 2 is 1.05 bits per heavy atom. The second-order valence-electron chi connectivity index (χ2n) is 18.4. The molecule has 0 aliphatic heterocycles. The Morgan fingerprint density at radius 3 is 1.58 bits per heavy atom. The van der Waals surface area contributed by atoms with E-state index in [-0.39, 0.29) is 4.66 Å². The largest absolute Gasteiger partial charge is 0.310 e. The summed E-state index contributed by atoms with van der Waals surface area (Å²) in [5.74, 6) is 0. The van der Waals surface area contributed by atoms with Crippen molar-refractivity contribution in [1.29, 1.82) is 0 Å². The van der Waals surface area contributed by atoms with E-state index in [1.54, 1.807) is 0 Å². The Bertz CT molecular complexity index is 2640. The van der Waals surface area contributed by atoms with Crippen LogP contribution in [0, 0.1) is 0 Å². The Kier molecular flexibility index (Phi) is 11.2. The van der Waals surface area contributed by atoms with E-state index in [9.17, 15) is 0 Å². The molecule has 2 aliphatic carbocycles. The van der Waals surface area contributed by atoms with Gasteiger partial charge in [0.05, 0.1) is 27.5 Å². The molecule has 0 saturated carbocycles. The maximum atomic E-state index is 4.84. The van der Waals surface area contributed by atoms with Crippen molar-refractivity contribution in [3.8, 4) is 0 Å². The van der Waals surface area contributed by atoms with Gasteiger partial charge in [-0.1, -0.05) is 169 Å². The van der Waals surface area contributed by atoms with Crippen LogP contribution in [0.15, 0.2) is 193 Å². The number of rotatable bonds is 10. The Morgan fingerprint density at radius 1 is 0.567 bits per heavy atom. The van der Waals surface area contributed by atoms with Crippen molar-refractivity contribution in [2.24, 2.45) is 0 Å². The van der Waals surface area contributed by atoms with Gasteiger partial charge in [0.25, 0.3) is 0 Å². The molecule has 0 amide bonds. The van der Waals surface area contributed by atoms with E-state index >= 15 is 0 Å². The fourth-order valence-electron chi connectivity index (χ4n) is 10.5. The molecule has 6 aromatic rings. The first-order valence-electron chi connectivity index (χ1n) is 21.8. The molecule has 0 atom stereocenters. The van der Waals surface area contributed by atoms with Gasteiger partial charge in [-0.2, -0.15) is 0 Å². The molecule has 302 valence electrons. The van der Waals surface area contributed by atoms with Crippen LogP contribution in [0.1, 0.15) is 42.5 Å². The number of aryl methyl sites for hydroxylation is 2. The Balaban J connectivity index is 1.50. The van der Waals surface area contributed by atoms with Crippen molar-refractivity contribution in [2.45, 2.75) is 77.1 Å². The van der Waals surface area contributed by atoms with Gasteiger partial charge in [-0.15, -0.1) is 0 Å². The molecule has 2 nitrogen and oxygen atoms in total. The quantitative estimate of drug-likeness (QED) is 0.127. The van der Waals surface area contributed by atoms with Crippen molar-refractivity contribution in [2.75, 3.05) is 9.80 Å². The first-order chi connectivity index (χ1) is 28.9. The van der Waals surface area contributed by atoms with Crippen LogP contribution in [-0.2, 0) is 17.5 Å². The monoisotopic (exact) mass is 816 g/mol. The minimum Gasteiger partial charge on any atom is -0.310 e. The van der Waals surface area contributed by atoms with Gasteiger partial charge in [0.1, 0.15) is 0 Å². The molecule has 0 aromatic heterocycles. The number of para-hydroxylation sites is 2. The summed E-state index contributed by atoms with van der Waals surface area (Å²) in [6, 6.07) is 52.1. The van der Waals surface area contributed by atoms with Gasteiger partial charge in [0.15, 0.2) is 0 Å². The van der Waals surface area contributed by atoms with Crippen LogP contribution in [0.2, 0.25) is 39.3 Å². The minimum absolute atomic E-state index is 0.158. The fourth-order valence-corrected chi connectivity index (χ4v) is 23.6. The van der Waals surface area contributed by atoms with Gasteiger partial charge in [0, 0.05) is 32.8 Å². The zero-order valence-electron chi connectivity index (χ0n) is 36.9. The highest BCUT2D eigenvalue weighted by molar-refractivity contribution is 6.99. The smallest absolute Gasteiger partial charge is 0.0579 e. The summed E-state index contributed by atoms with van der Waals surface area (Å²) in [6.07, 6.45) is 14.4. The molecule has 0 bridgehead atoms. The summed E-state index contributed by atoms with van der Waals surface area (Å²) in [4.78, 5) is 4.96. The zero-order chi connectivity index (χ0) is 42.2.